The summed E-state index contributed by atoms with van der Waals surface area (Å²) in [6.45, 7) is 1.46. The van der Waals surface area contributed by atoms with Crippen molar-refractivity contribution in [3.05, 3.63) is 64.9 Å². The van der Waals surface area contributed by atoms with Crippen LogP contribution in [0.25, 0.3) is 15.9 Å². The molecular weight excluding hydrogens is 442 g/mol. The summed E-state index contributed by atoms with van der Waals surface area (Å²) in [6.07, 6.45) is 3.18. The molecule has 9 heteroatoms. The van der Waals surface area contributed by atoms with Gasteiger partial charge in [0.1, 0.15) is 0 Å². The van der Waals surface area contributed by atoms with Crippen molar-refractivity contribution in [3.63, 3.8) is 0 Å². The fourth-order valence-corrected chi connectivity index (χ4v) is 3.77. The number of aromatic nitrogens is 3. The van der Waals surface area contributed by atoms with Gasteiger partial charge < -0.3 is 5.32 Å². The lowest BCUT2D eigenvalue weighted by atomic mass is 10.3. The summed E-state index contributed by atoms with van der Waals surface area (Å²) >= 11 is 4.73. The van der Waals surface area contributed by atoms with Crippen LogP contribution < -0.4 is 10.6 Å². The Hall–Kier alpha value is -3.04. The molecule has 0 spiro atoms. The van der Waals surface area contributed by atoms with Crippen molar-refractivity contribution in [2.24, 2.45) is 0 Å². The number of amides is 2. The van der Waals surface area contributed by atoms with Crippen LogP contribution in [0.15, 0.2) is 59.3 Å². The van der Waals surface area contributed by atoms with Crippen LogP contribution in [0.1, 0.15) is 17.3 Å². The van der Waals surface area contributed by atoms with E-state index in [-0.39, 0.29) is 11.8 Å². The minimum absolute atomic E-state index is 0.139. The number of halogens is 1. The number of carbonyl (C=O) groups is 2. The highest BCUT2D eigenvalue weighted by Crippen LogP contribution is 2.28. The van der Waals surface area contributed by atoms with Gasteiger partial charge in [0.15, 0.2) is 5.13 Å². The molecule has 0 aliphatic rings. The third-order valence-electron chi connectivity index (χ3n) is 3.87. The fourth-order valence-electron chi connectivity index (χ4n) is 2.60. The predicted molar refractivity (Wildman–Crippen MR) is 113 cm³/mol. The molecule has 2 N–H and O–H groups in total. The minimum Gasteiger partial charge on any atom is -0.326 e. The number of hydrogen-bond acceptors (Lipinski definition) is 5. The van der Waals surface area contributed by atoms with Gasteiger partial charge in [-0.3, -0.25) is 14.9 Å². The fraction of sp³-hybridized carbons (Fsp3) is 0.0526. The smallest absolute Gasteiger partial charge is 0.260 e. The molecule has 0 radical (unpaired) electrons. The van der Waals surface area contributed by atoms with Gasteiger partial charge in [-0.05, 0) is 42.5 Å². The number of nitrogens with zero attached hydrogens (tertiary/aromatic N) is 3. The summed E-state index contributed by atoms with van der Waals surface area (Å²) in [4.78, 5) is 28.1. The standard InChI is InChI=1S/C19H14BrN5O2S/c1-11(26)22-14-4-7-16-17(8-14)28-19(23-16)24-18(27)12-9-21-25(10-12)15-5-2-13(20)3-6-15/h2-10H,1H3,(H,22,26)(H,23,24,27). The molecule has 0 aliphatic heterocycles. The van der Waals surface area contributed by atoms with Crippen LogP contribution in [-0.2, 0) is 4.79 Å². The van der Waals surface area contributed by atoms with E-state index in [4.69, 9.17) is 0 Å². The first-order chi connectivity index (χ1) is 13.5. The Labute approximate surface area is 172 Å². The van der Waals surface area contributed by atoms with Gasteiger partial charge >= 0.3 is 0 Å². The Bertz CT molecular complexity index is 1180. The molecular formula is C19H14BrN5O2S. The topological polar surface area (TPSA) is 88.9 Å². The van der Waals surface area contributed by atoms with Crippen LogP contribution in [0.2, 0.25) is 0 Å². The van der Waals surface area contributed by atoms with Crippen LogP contribution in [0.5, 0.6) is 0 Å². The lowest BCUT2D eigenvalue weighted by Crippen LogP contribution is -2.10. The molecule has 140 valence electrons. The van der Waals surface area contributed by atoms with Crippen LogP contribution in [0.4, 0.5) is 10.8 Å². The molecule has 2 amide bonds. The third kappa shape index (κ3) is 3.95. The van der Waals surface area contributed by atoms with Gasteiger partial charge in [0.2, 0.25) is 5.91 Å². The normalized spacial score (nSPS) is 10.8. The molecule has 0 saturated carbocycles. The first-order valence-electron chi connectivity index (χ1n) is 8.28. The second-order valence-electron chi connectivity index (χ2n) is 5.99. The first-order valence-corrected chi connectivity index (χ1v) is 9.89. The van der Waals surface area contributed by atoms with Crippen LogP contribution in [-0.4, -0.2) is 26.6 Å². The van der Waals surface area contributed by atoms with E-state index >= 15 is 0 Å². The second-order valence-corrected chi connectivity index (χ2v) is 7.93. The Morgan fingerprint density at radius 1 is 1.11 bits per heavy atom. The molecule has 0 atom stereocenters. The Balaban J connectivity index is 1.52. The maximum Gasteiger partial charge on any atom is 0.260 e. The first kappa shape index (κ1) is 18.3. The van der Waals surface area contributed by atoms with Crippen LogP contribution in [0.3, 0.4) is 0 Å². The van der Waals surface area contributed by atoms with Gasteiger partial charge in [0.25, 0.3) is 5.91 Å². The predicted octanol–water partition coefficient (Wildman–Crippen LogP) is 4.46. The maximum absolute atomic E-state index is 12.5. The Morgan fingerprint density at radius 2 is 1.89 bits per heavy atom. The van der Waals surface area contributed by atoms with Gasteiger partial charge in [-0.2, -0.15) is 5.10 Å². The molecule has 2 aromatic carbocycles. The number of carbonyl (C=O) groups excluding carboxylic acids is 2. The van der Waals surface area contributed by atoms with Crippen molar-refractivity contribution in [1.82, 2.24) is 14.8 Å². The highest BCUT2D eigenvalue weighted by Gasteiger charge is 2.13. The van der Waals surface area contributed by atoms with Crippen molar-refractivity contribution in [2.45, 2.75) is 6.92 Å². The van der Waals surface area contributed by atoms with Gasteiger partial charge in [0.05, 0.1) is 27.7 Å². The largest absolute Gasteiger partial charge is 0.326 e. The SMILES string of the molecule is CC(=O)Nc1ccc2nc(NC(=O)c3cnn(-c4ccc(Br)cc4)c3)sc2c1. The number of rotatable bonds is 4. The van der Waals surface area contributed by atoms with Crippen molar-refractivity contribution < 1.29 is 9.59 Å². The lowest BCUT2D eigenvalue weighted by molar-refractivity contribution is -0.114. The van der Waals surface area contributed by atoms with E-state index in [9.17, 15) is 9.59 Å². The second kappa shape index (κ2) is 7.53. The van der Waals surface area contributed by atoms with Crippen LogP contribution in [0, 0.1) is 0 Å². The summed E-state index contributed by atoms with van der Waals surface area (Å²) in [5.41, 5.74) is 2.73. The summed E-state index contributed by atoms with van der Waals surface area (Å²) in [5, 5.41) is 10.3. The van der Waals surface area contributed by atoms with Gasteiger partial charge in [0, 0.05) is 23.3 Å². The number of fused-ring (bicyclic) bond motifs is 1. The van der Waals surface area contributed by atoms with E-state index in [1.54, 1.807) is 23.0 Å². The number of thiazole rings is 1. The summed E-state index contributed by atoms with van der Waals surface area (Å²) in [6, 6.07) is 13.0. The number of hydrogen-bond donors (Lipinski definition) is 2. The summed E-state index contributed by atoms with van der Waals surface area (Å²) < 4.78 is 3.48. The minimum atomic E-state index is -0.287. The average Bonchev–Trinajstić information content (AvgIpc) is 3.28. The van der Waals surface area contributed by atoms with E-state index in [2.05, 4.69) is 36.6 Å². The zero-order valence-electron chi connectivity index (χ0n) is 14.6. The monoisotopic (exact) mass is 455 g/mol. The van der Waals surface area contributed by atoms with Crippen LogP contribution >= 0.6 is 27.3 Å². The quantitative estimate of drug-likeness (QED) is 0.475. The van der Waals surface area contributed by atoms with Crippen molar-refractivity contribution in [2.75, 3.05) is 10.6 Å². The zero-order chi connectivity index (χ0) is 19.7. The number of anilines is 2. The van der Waals surface area contributed by atoms with Crippen molar-refractivity contribution in [3.8, 4) is 5.69 Å². The lowest BCUT2D eigenvalue weighted by Gasteiger charge is -2.00. The maximum atomic E-state index is 12.5. The Kier molecular flexibility index (Phi) is 4.93. The van der Waals surface area contributed by atoms with Gasteiger partial charge in [-0.25, -0.2) is 9.67 Å². The van der Waals surface area contributed by atoms with Crippen molar-refractivity contribution in [1.29, 1.82) is 0 Å². The molecule has 28 heavy (non-hydrogen) atoms. The van der Waals surface area contributed by atoms with Gasteiger partial charge in [-0.15, -0.1) is 0 Å². The molecule has 4 rings (SSSR count). The van der Waals surface area contributed by atoms with Crippen molar-refractivity contribution >= 4 is 60.1 Å². The Morgan fingerprint density at radius 3 is 2.64 bits per heavy atom. The summed E-state index contributed by atoms with van der Waals surface area (Å²) in [7, 11) is 0. The molecule has 7 nitrogen and oxygen atoms in total. The molecule has 4 aromatic rings. The van der Waals surface area contributed by atoms with Gasteiger partial charge in [-0.1, -0.05) is 27.3 Å². The number of nitrogens with one attached hydrogen (secondary N) is 2. The highest BCUT2D eigenvalue weighted by molar-refractivity contribution is 9.10. The molecule has 2 aromatic heterocycles. The van der Waals surface area contributed by atoms with E-state index in [1.807, 2.05) is 30.3 Å². The molecule has 0 fully saturated rings. The molecule has 0 unspecified atom stereocenters. The van der Waals surface area contributed by atoms with E-state index in [1.165, 1.54) is 24.5 Å². The summed E-state index contributed by atoms with van der Waals surface area (Å²) in [5.74, 6) is -0.426. The third-order valence-corrected chi connectivity index (χ3v) is 5.33. The number of benzene rings is 2. The molecule has 0 bridgehead atoms. The highest BCUT2D eigenvalue weighted by atomic mass is 79.9. The van der Waals surface area contributed by atoms with E-state index in [0.29, 0.717) is 16.4 Å². The average molecular weight is 456 g/mol. The molecule has 0 saturated heterocycles. The molecule has 0 aliphatic carbocycles. The van der Waals surface area contributed by atoms with E-state index < -0.39 is 0 Å². The molecule has 2 heterocycles. The van der Waals surface area contributed by atoms with E-state index in [0.717, 1.165) is 20.4 Å². The zero-order valence-corrected chi connectivity index (χ0v) is 17.0.